The van der Waals surface area contributed by atoms with Gasteiger partial charge in [0.25, 0.3) is 0 Å². The van der Waals surface area contributed by atoms with Gasteiger partial charge in [-0.25, -0.2) is 4.79 Å². The summed E-state index contributed by atoms with van der Waals surface area (Å²) in [5, 5.41) is 14.4. The smallest absolute Gasteiger partial charge is 0.326 e. The van der Waals surface area contributed by atoms with E-state index in [4.69, 9.17) is 0 Å². The van der Waals surface area contributed by atoms with Crippen molar-refractivity contribution in [2.24, 2.45) is 5.92 Å². The van der Waals surface area contributed by atoms with Crippen LogP contribution < -0.4 is 10.6 Å². The first-order valence-electron chi connectivity index (χ1n) is 7.26. The first kappa shape index (κ1) is 19.4. The molecule has 23 heavy (non-hydrogen) atoms. The fourth-order valence-corrected chi connectivity index (χ4v) is 2.71. The molecule has 0 radical (unpaired) electrons. The third kappa shape index (κ3) is 6.17. The summed E-state index contributed by atoms with van der Waals surface area (Å²) in [4.78, 5) is 35.0. The summed E-state index contributed by atoms with van der Waals surface area (Å²) in [5.74, 6) is -2.08. The fourth-order valence-electron chi connectivity index (χ4n) is 2.10. The first-order chi connectivity index (χ1) is 10.7. The minimum atomic E-state index is -1.11. The number of rotatable bonds is 7. The molecule has 0 heterocycles. The SMILES string of the molecule is CC(=O)N[C@@H](C(=O)N[C@@H](Cc1ccccc1I)C(=O)O)C(C)C. The van der Waals surface area contributed by atoms with E-state index in [-0.39, 0.29) is 18.2 Å². The molecule has 2 atom stereocenters. The zero-order valence-electron chi connectivity index (χ0n) is 13.3. The Morgan fingerprint density at radius 3 is 2.26 bits per heavy atom. The van der Waals surface area contributed by atoms with Crippen molar-refractivity contribution < 1.29 is 19.5 Å². The summed E-state index contributed by atoms with van der Waals surface area (Å²) in [5.41, 5.74) is 0.849. The van der Waals surface area contributed by atoms with Crippen molar-refractivity contribution in [2.75, 3.05) is 0 Å². The van der Waals surface area contributed by atoms with Crippen molar-refractivity contribution in [3.8, 4) is 0 Å². The van der Waals surface area contributed by atoms with Gasteiger partial charge < -0.3 is 15.7 Å². The third-order valence-corrected chi connectivity index (χ3v) is 4.36. The topological polar surface area (TPSA) is 95.5 Å². The molecule has 0 unspecified atom stereocenters. The molecule has 1 aromatic rings. The van der Waals surface area contributed by atoms with Gasteiger partial charge in [-0.15, -0.1) is 0 Å². The van der Waals surface area contributed by atoms with Crippen LogP contribution in [0.5, 0.6) is 0 Å². The lowest BCUT2D eigenvalue weighted by atomic mass is 10.0. The largest absolute Gasteiger partial charge is 0.480 e. The van der Waals surface area contributed by atoms with Crippen molar-refractivity contribution in [1.82, 2.24) is 10.6 Å². The minimum Gasteiger partial charge on any atom is -0.480 e. The average Bonchev–Trinajstić information content (AvgIpc) is 2.45. The third-order valence-electron chi connectivity index (χ3n) is 3.30. The monoisotopic (exact) mass is 432 g/mol. The maximum absolute atomic E-state index is 12.3. The van der Waals surface area contributed by atoms with Crippen LogP contribution in [0.2, 0.25) is 0 Å². The van der Waals surface area contributed by atoms with Gasteiger partial charge in [-0.2, -0.15) is 0 Å². The van der Waals surface area contributed by atoms with Gasteiger partial charge in [-0.1, -0.05) is 32.0 Å². The van der Waals surface area contributed by atoms with Crippen LogP contribution in [-0.2, 0) is 20.8 Å². The maximum Gasteiger partial charge on any atom is 0.326 e. The number of nitrogens with one attached hydrogen (secondary N) is 2. The number of carboxylic acids is 1. The van der Waals surface area contributed by atoms with Gasteiger partial charge in [0.1, 0.15) is 12.1 Å². The molecule has 126 valence electrons. The molecule has 0 aliphatic heterocycles. The van der Waals surface area contributed by atoms with Gasteiger partial charge >= 0.3 is 5.97 Å². The van der Waals surface area contributed by atoms with E-state index in [9.17, 15) is 19.5 Å². The number of carboxylic acid groups (broad SMARTS) is 1. The van der Waals surface area contributed by atoms with E-state index in [2.05, 4.69) is 33.2 Å². The molecule has 2 amide bonds. The van der Waals surface area contributed by atoms with Crippen LogP contribution in [0.15, 0.2) is 24.3 Å². The number of amides is 2. The van der Waals surface area contributed by atoms with Crippen molar-refractivity contribution in [1.29, 1.82) is 0 Å². The minimum absolute atomic E-state index is 0.148. The van der Waals surface area contributed by atoms with Gasteiger partial charge in [-0.05, 0) is 40.1 Å². The first-order valence-corrected chi connectivity index (χ1v) is 8.34. The molecule has 0 aliphatic carbocycles. The quantitative estimate of drug-likeness (QED) is 0.570. The van der Waals surface area contributed by atoms with E-state index in [0.29, 0.717) is 0 Å². The van der Waals surface area contributed by atoms with Crippen LogP contribution in [0.4, 0.5) is 0 Å². The molecule has 7 heteroatoms. The molecule has 0 aliphatic rings. The van der Waals surface area contributed by atoms with Gasteiger partial charge in [0.05, 0.1) is 0 Å². The van der Waals surface area contributed by atoms with Crippen LogP contribution >= 0.6 is 22.6 Å². The van der Waals surface area contributed by atoms with Crippen molar-refractivity contribution >= 4 is 40.4 Å². The molecule has 0 fully saturated rings. The predicted octanol–water partition coefficient (Wildman–Crippen LogP) is 1.56. The number of aliphatic carboxylic acids is 1. The molecular weight excluding hydrogens is 411 g/mol. The van der Waals surface area contributed by atoms with Gasteiger partial charge in [0.15, 0.2) is 0 Å². The Morgan fingerprint density at radius 1 is 1.17 bits per heavy atom. The molecule has 0 saturated carbocycles. The Hall–Kier alpha value is -1.64. The van der Waals surface area contributed by atoms with E-state index in [1.165, 1.54) is 6.92 Å². The summed E-state index contributed by atoms with van der Waals surface area (Å²) in [6, 6.07) is 5.60. The molecule has 0 aromatic heterocycles. The molecule has 1 aromatic carbocycles. The Labute approximate surface area is 149 Å². The fraction of sp³-hybridized carbons (Fsp3) is 0.438. The number of hydrogen-bond acceptors (Lipinski definition) is 3. The lowest BCUT2D eigenvalue weighted by Gasteiger charge is -2.23. The number of benzene rings is 1. The Morgan fingerprint density at radius 2 is 1.78 bits per heavy atom. The highest BCUT2D eigenvalue weighted by molar-refractivity contribution is 14.1. The van der Waals surface area contributed by atoms with E-state index < -0.39 is 24.0 Å². The highest BCUT2D eigenvalue weighted by atomic mass is 127. The van der Waals surface area contributed by atoms with E-state index in [0.717, 1.165) is 9.13 Å². The molecule has 1 rings (SSSR count). The summed E-state index contributed by atoms with van der Waals surface area (Å²) in [6.07, 6.45) is 0.186. The lowest BCUT2D eigenvalue weighted by molar-refractivity contribution is -0.142. The Kier molecular flexibility index (Phi) is 7.47. The Bertz CT molecular complexity index is 589. The van der Waals surface area contributed by atoms with Crippen molar-refractivity contribution in [3.63, 3.8) is 0 Å². The second-order valence-electron chi connectivity index (χ2n) is 5.62. The molecule has 3 N–H and O–H groups in total. The zero-order chi connectivity index (χ0) is 17.6. The average molecular weight is 432 g/mol. The van der Waals surface area contributed by atoms with Gasteiger partial charge in [-0.3, -0.25) is 9.59 Å². The van der Waals surface area contributed by atoms with Crippen LogP contribution in [0.3, 0.4) is 0 Å². The predicted molar refractivity (Wildman–Crippen MR) is 94.9 cm³/mol. The summed E-state index contributed by atoms with van der Waals surface area (Å²) in [6.45, 7) is 4.90. The molecular formula is C16H21IN2O4. The number of carbonyl (C=O) groups excluding carboxylic acids is 2. The van der Waals surface area contributed by atoms with E-state index in [1.807, 2.05) is 24.3 Å². The van der Waals surface area contributed by atoms with Crippen molar-refractivity contribution in [2.45, 2.75) is 39.3 Å². The lowest BCUT2D eigenvalue weighted by Crippen LogP contribution is -2.53. The molecule has 0 saturated heterocycles. The number of hydrogen-bond donors (Lipinski definition) is 3. The number of carbonyl (C=O) groups is 3. The molecule has 0 spiro atoms. The van der Waals surface area contributed by atoms with Crippen molar-refractivity contribution in [3.05, 3.63) is 33.4 Å². The van der Waals surface area contributed by atoms with Crippen LogP contribution in [0.25, 0.3) is 0 Å². The number of halogens is 1. The normalized spacial score (nSPS) is 13.3. The molecule has 0 bridgehead atoms. The van der Waals surface area contributed by atoms with E-state index in [1.54, 1.807) is 13.8 Å². The van der Waals surface area contributed by atoms with Gasteiger partial charge in [0.2, 0.25) is 11.8 Å². The maximum atomic E-state index is 12.3. The second kappa shape index (κ2) is 8.85. The zero-order valence-corrected chi connectivity index (χ0v) is 15.5. The highest BCUT2D eigenvalue weighted by Crippen LogP contribution is 2.14. The summed E-state index contributed by atoms with van der Waals surface area (Å²) in [7, 11) is 0. The van der Waals surface area contributed by atoms with Crippen LogP contribution in [0, 0.1) is 9.49 Å². The summed E-state index contributed by atoms with van der Waals surface area (Å²) < 4.78 is 0.938. The Balaban J connectivity index is 2.86. The van der Waals surface area contributed by atoms with E-state index >= 15 is 0 Å². The summed E-state index contributed by atoms with van der Waals surface area (Å²) >= 11 is 2.13. The standard InChI is InChI=1S/C16H21IN2O4/c1-9(2)14(18-10(3)20)15(21)19-13(16(22)23)8-11-6-4-5-7-12(11)17/h4-7,9,13-14H,8H2,1-3H3,(H,18,20)(H,19,21)(H,22,23)/t13-,14+/m0/s1. The second-order valence-corrected chi connectivity index (χ2v) is 6.78. The van der Waals surface area contributed by atoms with Gasteiger partial charge in [0, 0.05) is 16.9 Å². The van der Waals surface area contributed by atoms with Crippen LogP contribution in [-0.4, -0.2) is 35.0 Å². The van der Waals surface area contributed by atoms with Crippen LogP contribution in [0.1, 0.15) is 26.3 Å². The molecule has 6 nitrogen and oxygen atoms in total. The highest BCUT2D eigenvalue weighted by Gasteiger charge is 2.28.